The number of hydrogen-bond donors (Lipinski definition) is 1. The molecule has 0 radical (unpaired) electrons. The molecule has 142 valence electrons. The monoisotopic (exact) mass is 403 g/mol. The molecule has 0 aliphatic carbocycles. The lowest BCUT2D eigenvalue weighted by Crippen LogP contribution is -2.52. The fourth-order valence-corrected chi connectivity index (χ4v) is 4.23. The molecule has 0 unspecified atom stereocenters. The molecule has 0 saturated carbocycles. The number of rotatable bonds is 4. The van der Waals surface area contributed by atoms with Crippen LogP contribution in [0.2, 0.25) is 10.0 Å². The van der Waals surface area contributed by atoms with Crippen molar-refractivity contribution in [2.24, 2.45) is 5.92 Å². The van der Waals surface area contributed by atoms with Gasteiger partial charge in [-0.1, -0.05) is 41.4 Å². The number of likely N-dealkylation sites (tertiary alicyclic amines) is 1. The lowest BCUT2D eigenvalue weighted by molar-refractivity contribution is -0.129. The van der Waals surface area contributed by atoms with Gasteiger partial charge in [-0.25, -0.2) is 0 Å². The van der Waals surface area contributed by atoms with Crippen molar-refractivity contribution in [3.8, 4) is 0 Å². The van der Waals surface area contributed by atoms with Gasteiger partial charge in [-0.05, 0) is 41.3 Å². The lowest BCUT2D eigenvalue weighted by atomic mass is 9.94. The summed E-state index contributed by atoms with van der Waals surface area (Å²) in [6.07, 6.45) is 1.02. The van der Waals surface area contributed by atoms with Gasteiger partial charge in [-0.3, -0.25) is 9.69 Å². The Bertz CT molecular complexity index is 865. The van der Waals surface area contributed by atoms with Crippen molar-refractivity contribution >= 4 is 34.8 Å². The van der Waals surface area contributed by atoms with E-state index in [0.717, 1.165) is 44.8 Å². The van der Waals surface area contributed by atoms with Crippen molar-refractivity contribution in [2.45, 2.75) is 19.5 Å². The van der Waals surface area contributed by atoms with Crippen molar-refractivity contribution < 1.29 is 4.79 Å². The minimum Gasteiger partial charge on any atom is -0.367 e. The highest BCUT2D eigenvalue weighted by Gasteiger charge is 2.31. The lowest BCUT2D eigenvalue weighted by Gasteiger charge is -2.38. The van der Waals surface area contributed by atoms with E-state index >= 15 is 0 Å². The summed E-state index contributed by atoms with van der Waals surface area (Å²) in [4.78, 5) is 16.3. The van der Waals surface area contributed by atoms with E-state index in [1.54, 1.807) is 7.05 Å². The Morgan fingerprint density at radius 1 is 1.11 bits per heavy atom. The van der Waals surface area contributed by atoms with Gasteiger partial charge < -0.3 is 10.2 Å². The Labute approximate surface area is 170 Å². The molecule has 2 aliphatic heterocycles. The van der Waals surface area contributed by atoms with Crippen LogP contribution < -0.4 is 10.2 Å². The molecule has 0 atom stereocenters. The molecule has 4 rings (SSSR count). The molecule has 1 saturated heterocycles. The molecule has 2 aliphatic rings. The first-order chi connectivity index (χ1) is 13.0. The molecule has 1 N–H and O–H groups in total. The van der Waals surface area contributed by atoms with Crippen molar-refractivity contribution in [1.29, 1.82) is 0 Å². The van der Waals surface area contributed by atoms with Gasteiger partial charge in [0.15, 0.2) is 0 Å². The third kappa shape index (κ3) is 3.93. The average Bonchev–Trinajstić information content (AvgIpc) is 2.65. The second kappa shape index (κ2) is 7.70. The van der Waals surface area contributed by atoms with Crippen molar-refractivity contribution in [2.75, 3.05) is 31.6 Å². The van der Waals surface area contributed by atoms with Gasteiger partial charge >= 0.3 is 0 Å². The van der Waals surface area contributed by atoms with Crippen LogP contribution in [0.4, 0.5) is 5.69 Å². The van der Waals surface area contributed by atoms with E-state index in [1.165, 1.54) is 16.7 Å². The van der Waals surface area contributed by atoms with E-state index in [4.69, 9.17) is 23.2 Å². The van der Waals surface area contributed by atoms with Crippen LogP contribution in [0.5, 0.6) is 0 Å². The summed E-state index contributed by atoms with van der Waals surface area (Å²) in [5.74, 6) is 0.298. The van der Waals surface area contributed by atoms with E-state index in [-0.39, 0.29) is 11.8 Å². The Morgan fingerprint density at radius 3 is 2.67 bits per heavy atom. The number of amides is 1. The molecule has 2 aromatic rings. The molecular formula is C21H23Cl2N3O. The highest BCUT2D eigenvalue weighted by Crippen LogP contribution is 2.31. The van der Waals surface area contributed by atoms with E-state index in [9.17, 15) is 4.79 Å². The van der Waals surface area contributed by atoms with E-state index < -0.39 is 0 Å². The van der Waals surface area contributed by atoms with Crippen LogP contribution in [0.1, 0.15) is 16.7 Å². The normalized spacial score (nSPS) is 17.4. The fourth-order valence-electron chi connectivity index (χ4n) is 3.93. The van der Waals surface area contributed by atoms with E-state index in [1.807, 2.05) is 18.2 Å². The quantitative estimate of drug-likeness (QED) is 0.844. The summed E-state index contributed by atoms with van der Waals surface area (Å²) >= 11 is 12.2. The molecular weight excluding hydrogens is 381 g/mol. The molecule has 27 heavy (non-hydrogen) atoms. The second-order valence-electron chi connectivity index (χ2n) is 7.38. The van der Waals surface area contributed by atoms with Gasteiger partial charge in [0.2, 0.25) is 5.91 Å². The maximum absolute atomic E-state index is 11.6. The molecule has 1 amide bonds. The number of benzene rings is 2. The number of nitrogens with zero attached hydrogens (tertiary/aromatic N) is 2. The smallest absolute Gasteiger partial charge is 0.225 e. The molecule has 0 bridgehead atoms. The van der Waals surface area contributed by atoms with Gasteiger partial charge in [-0.15, -0.1) is 0 Å². The third-order valence-electron chi connectivity index (χ3n) is 5.53. The topological polar surface area (TPSA) is 35.6 Å². The summed E-state index contributed by atoms with van der Waals surface area (Å²) in [6.45, 7) is 4.47. The first-order valence-electron chi connectivity index (χ1n) is 9.28. The zero-order valence-electron chi connectivity index (χ0n) is 15.3. The Kier molecular flexibility index (Phi) is 5.31. The largest absolute Gasteiger partial charge is 0.367 e. The van der Waals surface area contributed by atoms with Crippen molar-refractivity contribution in [3.05, 3.63) is 63.1 Å². The van der Waals surface area contributed by atoms with Crippen LogP contribution in [0.3, 0.4) is 0 Å². The first-order valence-corrected chi connectivity index (χ1v) is 10.0. The van der Waals surface area contributed by atoms with E-state index in [2.05, 4.69) is 33.3 Å². The van der Waals surface area contributed by atoms with Crippen molar-refractivity contribution in [3.63, 3.8) is 0 Å². The van der Waals surface area contributed by atoms with Crippen LogP contribution in [-0.2, 0) is 24.3 Å². The van der Waals surface area contributed by atoms with E-state index in [0.29, 0.717) is 10.0 Å². The summed E-state index contributed by atoms with van der Waals surface area (Å²) in [5.41, 5.74) is 5.22. The minimum absolute atomic E-state index is 0.146. The number of hydrogen-bond acceptors (Lipinski definition) is 3. The number of anilines is 1. The molecule has 4 nitrogen and oxygen atoms in total. The molecule has 2 aromatic carbocycles. The minimum atomic E-state index is 0.146. The van der Waals surface area contributed by atoms with Crippen LogP contribution >= 0.6 is 23.2 Å². The summed E-state index contributed by atoms with van der Waals surface area (Å²) in [5, 5.41) is 3.92. The third-order valence-corrected chi connectivity index (χ3v) is 6.27. The average molecular weight is 404 g/mol. The zero-order valence-corrected chi connectivity index (χ0v) is 16.9. The molecule has 6 heteroatoms. The molecule has 0 spiro atoms. The second-order valence-corrected chi connectivity index (χ2v) is 8.19. The van der Waals surface area contributed by atoms with Gasteiger partial charge in [0.05, 0.1) is 16.0 Å². The molecule has 1 fully saturated rings. The number of fused-ring (bicyclic) bond motifs is 1. The van der Waals surface area contributed by atoms with Crippen LogP contribution in [0.15, 0.2) is 36.4 Å². The number of nitrogens with one attached hydrogen (secondary N) is 1. The number of carbonyl (C=O) groups excluding carboxylic acids is 1. The van der Waals surface area contributed by atoms with Gasteiger partial charge in [0.25, 0.3) is 0 Å². The van der Waals surface area contributed by atoms with Gasteiger partial charge in [0, 0.05) is 45.5 Å². The maximum Gasteiger partial charge on any atom is 0.225 e. The predicted octanol–water partition coefficient (Wildman–Crippen LogP) is 3.73. The Balaban J connectivity index is 1.40. The SMILES string of the molecule is CNC(=O)C1CN(Cc2ccc3c(c2)CCN(c2ccc(Cl)c(Cl)c2)C3)C1. The summed E-state index contributed by atoms with van der Waals surface area (Å²) in [6, 6.07) is 12.6. The maximum atomic E-state index is 11.6. The standard InChI is InChI=1S/C21H23Cl2N3O/c1-24-21(27)17-11-25(12-17)10-14-2-3-16-13-26(7-6-15(16)8-14)18-4-5-19(22)20(23)9-18/h2-5,8-9,17H,6-7,10-13H2,1H3,(H,24,27). The Morgan fingerprint density at radius 2 is 1.93 bits per heavy atom. The number of halogens is 2. The highest BCUT2D eigenvalue weighted by atomic mass is 35.5. The van der Waals surface area contributed by atoms with Crippen LogP contribution in [0, 0.1) is 5.92 Å². The molecule has 0 aromatic heterocycles. The zero-order chi connectivity index (χ0) is 19.0. The Hall–Kier alpha value is -1.75. The summed E-state index contributed by atoms with van der Waals surface area (Å²) in [7, 11) is 1.70. The fraction of sp³-hybridized carbons (Fsp3) is 0.381. The molecule has 2 heterocycles. The van der Waals surface area contributed by atoms with Gasteiger partial charge in [0.1, 0.15) is 0 Å². The first kappa shape index (κ1) is 18.6. The number of carbonyl (C=O) groups is 1. The highest BCUT2D eigenvalue weighted by molar-refractivity contribution is 6.42. The van der Waals surface area contributed by atoms with Gasteiger partial charge in [-0.2, -0.15) is 0 Å². The van der Waals surface area contributed by atoms with Crippen LogP contribution in [0.25, 0.3) is 0 Å². The van der Waals surface area contributed by atoms with Crippen molar-refractivity contribution in [1.82, 2.24) is 10.2 Å². The summed E-state index contributed by atoms with van der Waals surface area (Å²) < 4.78 is 0. The van der Waals surface area contributed by atoms with Crippen LogP contribution in [-0.4, -0.2) is 37.5 Å². The predicted molar refractivity (Wildman–Crippen MR) is 110 cm³/mol.